The van der Waals surface area contributed by atoms with Crippen molar-refractivity contribution >= 4 is 76.6 Å². The lowest BCUT2D eigenvalue weighted by atomic mass is 9.99. The minimum Gasteiger partial charge on any atom is -0.494 e. The summed E-state index contributed by atoms with van der Waals surface area (Å²) < 4.78 is 91.3. The van der Waals surface area contributed by atoms with E-state index in [1.165, 1.54) is 14.2 Å². The predicted molar refractivity (Wildman–Crippen MR) is 464 cm³/mol. The van der Waals surface area contributed by atoms with Crippen LogP contribution in [0, 0.1) is 11.8 Å². The van der Waals surface area contributed by atoms with E-state index in [-0.39, 0.29) is 47.7 Å². The molecule has 2 saturated heterocycles. The van der Waals surface area contributed by atoms with Crippen LogP contribution in [0.4, 0.5) is 0 Å². The molecule has 1 N–H and O–H groups in total. The third kappa shape index (κ3) is 34.4. The molecule has 6 rings (SSSR count). The zero-order valence-corrected chi connectivity index (χ0v) is 78.2. The molecule has 4 aromatic carbocycles. The normalized spacial score (nSPS) is 19.1. The van der Waals surface area contributed by atoms with E-state index in [0.29, 0.717) is 84.5 Å². The van der Waals surface area contributed by atoms with Gasteiger partial charge in [0.1, 0.15) is 58.5 Å². The third-order valence-electron chi connectivity index (χ3n) is 19.6. The number of hydrogen-bond acceptors (Lipinski definition) is 20. The number of benzene rings is 4. The first kappa shape index (κ1) is 97.3. The minimum atomic E-state index is -2.03. The summed E-state index contributed by atoms with van der Waals surface area (Å²) in [5.74, 6) is -2.28. The molecule has 4 aromatic rings. The van der Waals surface area contributed by atoms with Gasteiger partial charge in [-0.1, -0.05) is 186 Å². The summed E-state index contributed by atoms with van der Waals surface area (Å²) in [6.07, 6.45) is 11.2. The van der Waals surface area contributed by atoms with Crippen molar-refractivity contribution in [2.75, 3.05) is 54.2 Å². The van der Waals surface area contributed by atoms with Gasteiger partial charge in [0, 0.05) is 64.8 Å². The van der Waals surface area contributed by atoms with Gasteiger partial charge in [-0.2, -0.15) is 0 Å². The summed E-state index contributed by atoms with van der Waals surface area (Å²) in [4.78, 5) is 54.4. The van der Waals surface area contributed by atoms with E-state index in [4.69, 9.17) is 70.7 Å². The Kier molecular flexibility index (Phi) is 37.7. The van der Waals surface area contributed by atoms with Crippen molar-refractivity contribution in [3.63, 3.8) is 0 Å². The zero-order chi connectivity index (χ0) is 84.5. The molecule has 0 aromatic heterocycles. The number of aliphatic hydroxyl groups is 1. The van der Waals surface area contributed by atoms with Crippen LogP contribution in [-0.4, -0.2) is 184 Å². The highest BCUT2D eigenvalue weighted by atomic mass is 28.4. The highest BCUT2D eigenvalue weighted by Gasteiger charge is 2.48. The third-order valence-corrected chi connectivity index (χ3v) is 31.0. The van der Waals surface area contributed by atoms with Crippen molar-refractivity contribution in [3.05, 3.63) is 155 Å². The standard InChI is InChI=1S/C47H76O10Si3.C41H62O10Si2/c1-34(35(2)57-60(15,16)46(3,4)5)25-26-39(54-44(48)36-21-18-17-19-22-36)43-40(55-47(6,7)56-43)24-20-23-37-31-38(51-27-29-58(9,10)11)32-41(53-33-50-8)42(37)45(49)52-28-30-59(12,13)14;1-29(30(2)42)20-21-34(49-39(43)31-16-13-12-14-17-31)38-35(50-41(3,4)51-38)19-15-18-32-26-33(46-22-24-52(6,7)8)27-36(48-28-45-5)37(32)40(44)47-23-25-53(9,10)11/h17-23,25-26,31-32,34-35,39-40,43H,24,27-30,33H2,1-16H3;12-18,20-21,26-27,29-30,34-35,38,42H,19,22-25,28H2,1-11H3/b23-20+,26-25-;18-15+,21-20-/t34-,35+,39?,40?,43?;29-,30+,34?,35?,38?/m11/s1. The molecule has 0 saturated carbocycles. The monoisotopic (exact) mass is 1650 g/mol. The Bertz CT molecular complexity index is 3750. The minimum absolute atomic E-state index is 0.0180. The largest absolute Gasteiger partial charge is 0.494 e. The van der Waals surface area contributed by atoms with E-state index in [1.807, 2.05) is 107 Å². The first-order valence-electron chi connectivity index (χ1n) is 40.0. The fraction of sp³-hybridized carbons (Fsp3) is 0.591. The molecule has 113 heavy (non-hydrogen) atoms. The molecule has 2 aliphatic rings. The van der Waals surface area contributed by atoms with Crippen LogP contribution in [0.25, 0.3) is 12.2 Å². The smallest absolute Gasteiger partial charge is 0.342 e. The molecule has 0 spiro atoms. The van der Waals surface area contributed by atoms with Gasteiger partial charge < -0.3 is 75.8 Å². The molecule has 25 heteroatoms. The number of esters is 4. The predicted octanol–water partition coefficient (Wildman–Crippen LogP) is 20.2. The van der Waals surface area contributed by atoms with Gasteiger partial charge in [-0.3, -0.25) is 0 Å². The van der Waals surface area contributed by atoms with Gasteiger partial charge in [-0.15, -0.1) is 0 Å². The molecule has 6 unspecified atom stereocenters. The van der Waals surface area contributed by atoms with Crippen LogP contribution in [0.15, 0.2) is 121 Å². The summed E-state index contributed by atoms with van der Waals surface area (Å²) in [7, 11) is -4.64. The maximum Gasteiger partial charge on any atom is 0.342 e. The Morgan fingerprint density at radius 1 is 0.478 bits per heavy atom. The lowest BCUT2D eigenvalue weighted by molar-refractivity contribution is -0.153. The van der Waals surface area contributed by atoms with E-state index in [1.54, 1.807) is 61.5 Å². The van der Waals surface area contributed by atoms with Crippen molar-refractivity contribution in [2.45, 2.75) is 270 Å². The lowest BCUT2D eigenvalue weighted by Gasteiger charge is -2.39. The number of carbonyl (C=O) groups excluding carboxylic acids is 4. The molecule has 0 radical (unpaired) electrons. The zero-order valence-electron chi connectivity index (χ0n) is 73.2. The Hall–Kier alpha value is -6.32. The number of carbonyl (C=O) groups is 4. The average Bonchev–Trinajstić information content (AvgIpc) is 1.78. The van der Waals surface area contributed by atoms with Gasteiger partial charge >= 0.3 is 23.9 Å². The van der Waals surface area contributed by atoms with Gasteiger partial charge in [-0.25, -0.2) is 19.2 Å². The molecular weight excluding hydrogens is 1520 g/mol. The van der Waals surface area contributed by atoms with Gasteiger partial charge in [0.05, 0.1) is 55.9 Å². The molecular formula is C88H138O20Si5. The summed E-state index contributed by atoms with van der Waals surface area (Å²) >= 11 is 0. The second-order valence-electron chi connectivity index (χ2n) is 36.9. The molecule has 10 atom stereocenters. The summed E-state index contributed by atoms with van der Waals surface area (Å²) in [6.45, 7) is 55.1. The van der Waals surface area contributed by atoms with Gasteiger partial charge in [0.2, 0.25) is 0 Å². The van der Waals surface area contributed by atoms with Gasteiger partial charge in [-0.05, 0) is 168 Å². The average molecular weight is 1660 g/mol. The number of ether oxygens (including phenoxy) is 14. The van der Waals surface area contributed by atoms with E-state index in [9.17, 15) is 24.3 Å². The number of aliphatic hydroxyl groups excluding tert-OH is 1. The first-order valence-corrected chi connectivity index (χ1v) is 57.7. The lowest BCUT2D eigenvalue weighted by Crippen LogP contribution is -2.44. The van der Waals surface area contributed by atoms with Crippen molar-refractivity contribution in [1.29, 1.82) is 0 Å². The van der Waals surface area contributed by atoms with Crippen molar-refractivity contribution in [3.8, 4) is 23.0 Å². The van der Waals surface area contributed by atoms with Crippen molar-refractivity contribution in [2.24, 2.45) is 11.8 Å². The topological polar surface area (TPSA) is 227 Å². The van der Waals surface area contributed by atoms with Crippen LogP contribution in [0.5, 0.6) is 23.0 Å². The molecule has 0 bridgehead atoms. The maximum atomic E-state index is 13.9. The molecule has 2 fully saturated rings. The fourth-order valence-corrected chi connectivity index (χ4v) is 15.8. The van der Waals surface area contributed by atoms with Crippen LogP contribution in [-0.2, 0) is 51.8 Å². The van der Waals surface area contributed by atoms with E-state index < -0.39 is 119 Å². The Morgan fingerprint density at radius 2 is 0.832 bits per heavy atom. The Balaban J connectivity index is 0.000000407. The summed E-state index contributed by atoms with van der Waals surface area (Å²) in [5, 5.41) is 10.2. The second-order valence-corrected chi connectivity index (χ2v) is 64.2. The van der Waals surface area contributed by atoms with Crippen LogP contribution in [0.3, 0.4) is 0 Å². The Labute approximate surface area is 681 Å². The molecule has 2 heterocycles. The van der Waals surface area contributed by atoms with Crippen molar-refractivity contribution in [1.82, 2.24) is 0 Å². The molecule has 0 aliphatic carbocycles. The van der Waals surface area contributed by atoms with E-state index >= 15 is 0 Å². The molecule has 630 valence electrons. The molecule has 2 aliphatic heterocycles. The van der Waals surface area contributed by atoms with Crippen LogP contribution < -0.4 is 18.9 Å². The summed E-state index contributed by atoms with van der Waals surface area (Å²) in [6, 6.07) is 28.4. The SMILES string of the molecule is COCOc1cc(OCC[Si](C)(C)C)cc(/C=C/CC2OC(C)(C)OC2C(/C=C\[C@@H](C)[C@H](C)O)OC(=O)c2ccccc2)c1C(=O)OCC[Si](C)(C)C.COCOc1cc(OCC[Si](C)(C)C)cc(/C=C/CC2OC(C)(C)OC2C(/C=C\[C@@H](C)[C@H](C)O[Si](C)(C)C(C)(C)C)OC(=O)c2ccccc2)c1C(=O)OCC[Si](C)(C)C. The highest BCUT2D eigenvalue weighted by Crippen LogP contribution is 2.41. The highest BCUT2D eigenvalue weighted by molar-refractivity contribution is 6.77. The second kappa shape index (κ2) is 43.8. The molecule has 0 amide bonds. The van der Waals surface area contributed by atoms with E-state index in [0.717, 1.165) is 24.2 Å². The van der Waals surface area contributed by atoms with Crippen LogP contribution in [0.1, 0.15) is 142 Å². The van der Waals surface area contributed by atoms with Crippen LogP contribution >= 0.6 is 0 Å². The van der Waals surface area contributed by atoms with Gasteiger partial charge in [0.15, 0.2) is 33.5 Å². The number of methoxy groups -OCH3 is 2. The number of hydrogen-bond donors (Lipinski definition) is 1. The Morgan fingerprint density at radius 3 is 1.17 bits per heavy atom. The number of rotatable bonds is 42. The fourth-order valence-electron chi connectivity index (χ4n) is 11.5. The van der Waals surface area contributed by atoms with E-state index in [2.05, 4.69) is 132 Å². The quantitative estimate of drug-likeness (QED) is 0.0143. The molecule has 20 nitrogen and oxygen atoms in total. The maximum absolute atomic E-state index is 13.9. The summed E-state index contributed by atoms with van der Waals surface area (Å²) in [5.41, 5.74) is 2.56. The first-order chi connectivity index (χ1) is 52.5. The van der Waals surface area contributed by atoms with Gasteiger partial charge in [0.25, 0.3) is 0 Å². The van der Waals surface area contributed by atoms with Crippen LogP contribution in [0.2, 0.25) is 121 Å². The van der Waals surface area contributed by atoms with Crippen molar-refractivity contribution < 1.29 is 95.0 Å².